The molecule has 20 heavy (non-hydrogen) atoms. The van der Waals surface area contributed by atoms with E-state index in [4.69, 9.17) is 4.74 Å². The van der Waals surface area contributed by atoms with Gasteiger partial charge >= 0.3 is 5.97 Å². The summed E-state index contributed by atoms with van der Waals surface area (Å²) in [5.74, 6) is -0.277. The van der Waals surface area contributed by atoms with Gasteiger partial charge in [0.15, 0.2) is 0 Å². The molecule has 0 aliphatic rings. The quantitative estimate of drug-likeness (QED) is 0.814. The molecule has 0 bridgehead atoms. The molecule has 2 aromatic rings. The number of thiophene rings is 1. The predicted molar refractivity (Wildman–Crippen MR) is 83.4 cm³/mol. The fourth-order valence-corrected chi connectivity index (χ4v) is 2.76. The molecule has 0 saturated carbocycles. The molecule has 0 spiro atoms. The molecule has 4 heteroatoms. The molecule has 0 saturated heterocycles. The van der Waals surface area contributed by atoms with Gasteiger partial charge in [-0.2, -0.15) is 0 Å². The van der Waals surface area contributed by atoms with Crippen molar-refractivity contribution in [1.29, 1.82) is 0 Å². The lowest BCUT2D eigenvalue weighted by Crippen LogP contribution is -2.05. The van der Waals surface area contributed by atoms with Gasteiger partial charge in [-0.3, -0.25) is 0 Å². The summed E-state index contributed by atoms with van der Waals surface area (Å²) in [7, 11) is 0. The summed E-state index contributed by atoms with van der Waals surface area (Å²) in [6.07, 6.45) is 1.07. The number of hydrogen-bond donors (Lipinski definition) is 1. The molecular weight excluding hydrogens is 270 g/mol. The topological polar surface area (TPSA) is 38.3 Å². The number of aryl methyl sites for hydroxylation is 1. The van der Waals surface area contributed by atoms with Crippen LogP contribution in [0.3, 0.4) is 0 Å². The van der Waals surface area contributed by atoms with Crippen LogP contribution in [0.2, 0.25) is 0 Å². The highest BCUT2D eigenvalue weighted by Gasteiger charge is 2.06. The third-order valence-corrected chi connectivity index (χ3v) is 4.14. The highest BCUT2D eigenvalue weighted by Crippen LogP contribution is 2.19. The Labute approximate surface area is 123 Å². The summed E-state index contributed by atoms with van der Waals surface area (Å²) in [5.41, 5.74) is 1.51. The Bertz CT molecular complexity index is 577. The second-order valence-corrected chi connectivity index (χ2v) is 5.63. The summed E-state index contributed by atoms with van der Waals surface area (Å²) in [5, 5.41) is 3.34. The molecule has 0 radical (unpaired) electrons. The first-order valence-electron chi connectivity index (χ1n) is 6.81. The summed E-state index contributed by atoms with van der Waals surface area (Å²) in [6.45, 7) is 5.14. The van der Waals surface area contributed by atoms with E-state index in [9.17, 15) is 4.79 Å². The molecule has 2 rings (SSSR count). The second-order valence-electron chi connectivity index (χ2n) is 4.38. The summed E-state index contributed by atoms with van der Waals surface area (Å²) < 4.78 is 5.00. The number of anilines is 1. The maximum Gasteiger partial charge on any atom is 0.338 e. The highest BCUT2D eigenvalue weighted by molar-refractivity contribution is 7.12. The number of ether oxygens (including phenoxy) is 1. The Hall–Kier alpha value is -1.81. The molecule has 3 nitrogen and oxygen atoms in total. The van der Waals surface area contributed by atoms with Crippen LogP contribution in [0.4, 0.5) is 5.69 Å². The average molecular weight is 289 g/mol. The van der Waals surface area contributed by atoms with Crippen molar-refractivity contribution in [2.24, 2.45) is 0 Å². The fraction of sp³-hybridized carbons (Fsp3) is 0.312. The summed E-state index contributed by atoms with van der Waals surface area (Å²) >= 11 is 1.82. The van der Waals surface area contributed by atoms with Gasteiger partial charge in [0.05, 0.1) is 12.2 Å². The molecule has 0 aliphatic heterocycles. The lowest BCUT2D eigenvalue weighted by molar-refractivity contribution is 0.0526. The van der Waals surface area contributed by atoms with Crippen molar-refractivity contribution >= 4 is 23.0 Å². The molecular formula is C16H19NO2S. The van der Waals surface area contributed by atoms with Crippen molar-refractivity contribution in [3.63, 3.8) is 0 Å². The second kappa shape index (κ2) is 7.10. The Morgan fingerprint density at radius 3 is 2.70 bits per heavy atom. The lowest BCUT2D eigenvalue weighted by Gasteiger charge is -2.07. The fourth-order valence-electron chi connectivity index (χ4n) is 1.87. The molecule has 0 atom stereocenters. The minimum atomic E-state index is -0.277. The smallest absolute Gasteiger partial charge is 0.338 e. The van der Waals surface area contributed by atoms with Crippen molar-refractivity contribution < 1.29 is 9.53 Å². The molecule has 0 unspecified atom stereocenters. The van der Waals surface area contributed by atoms with Crippen molar-refractivity contribution in [1.82, 2.24) is 0 Å². The molecule has 0 fully saturated rings. The van der Waals surface area contributed by atoms with Crippen LogP contribution in [0.25, 0.3) is 0 Å². The van der Waals surface area contributed by atoms with Gasteiger partial charge in [-0.25, -0.2) is 4.79 Å². The molecule has 1 heterocycles. The Balaban J connectivity index is 1.99. The molecule has 0 aliphatic carbocycles. The Morgan fingerprint density at radius 2 is 2.00 bits per heavy atom. The van der Waals surface area contributed by atoms with E-state index in [0.29, 0.717) is 12.2 Å². The van der Waals surface area contributed by atoms with Gasteiger partial charge in [-0.05, 0) is 43.7 Å². The SMILES string of the molecule is CCOC(=O)c1cccc(NCc2ccc(CC)s2)c1. The minimum absolute atomic E-state index is 0.277. The first kappa shape index (κ1) is 14.6. The van der Waals surface area contributed by atoms with Crippen LogP contribution in [0, 0.1) is 0 Å². The van der Waals surface area contributed by atoms with Crippen LogP contribution in [0.5, 0.6) is 0 Å². The van der Waals surface area contributed by atoms with Crippen LogP contribution in [0.15, 0.2) is 36.4 Å². The minimum Gasteiger partial charge on any atom is -0.462 e. The third kappa shape index (κ3) is 3.84. The molecule has 106 valence electrons. The largest absolute Gasteiger partial charge is 0.462 e. The van der Waals surface area contributed by atoms with Crippen LogP contribution in [0.1, 0.15) is 34.0 Å². The Kier molecular flexibility index (Phi) is 5.18. The molecule has 0 amide bonds. The average Bonchev–Trinajstić information content (AvgIpc) is 2.94. The lowest BCUT2D eigenvalue weighted by atomic mass is 10.2. The summed E-state index contributed by atoms with van der Waals surface area (Å²) in [6, 6.07) is 11.7. The standard InChI is InChI=1S/C16H19NO2S/c1-3-14-8-9-15(20-14)11-17-13-7-5-6-12(10-13)16(18)19-4-2/h5-10,17H,3-4,11H2,1-2H3. The zero-order valence-electron chi connectivity index (χ0n) is 11.8. The van der Waals surface area contributed by atoms with Crippen molar-refractivity contribution in [3.05, 3.63) is 51.7 Å². The zero-order chi connectivity index (χ0) is 14.4. The third-order valence-electron chi connectivity index (χ3n) is 2.91. The maximum atomic E-state index is 11.7. The van der Waals surface area contributed by atoms with Gasteiger partial charge in [0.25, 0.3) is 0 Å². The van der Waals surface area contributed by atoms with Crippen LogP contribution in [-0.4, -0.2) is 12.6 Å². The van der Waals surface area contributed by atoms with Gasteiger partial charge < -0.3 is 10.1 Å². The normalized spacial score (nSPS) is 10.3. The van der Waals surface area contributed by atoms with E-state index >= 15 is 0 Å². The summed E-state index contributed by atoms with van der Waals surface area (Å²) in [4.78, 5) is 14.4. The van der Waals surface area contributed by atoms with E-state index in [1.165, 1.54) is 9.75 Å². The number of esters is 1. The zero-order valence-corrected chi connectivity index (χ0v) is 12.6. The number of carbonyl (C=O) groups excluding carboxylic acids is 1. The predicted octanol–water partition coefficient (Wildman–Crippen LogP) is 4.10. The number of carbonyl (C=O) groups is 1. The molecule has 1 aromatic carbocycles. The first-order chi connectivity index (χ1) is 9.72. The monoisotopic (exact) mass is 289 g/mol. The van der Waals surface area contributed by atoms with Crippen LogP contribution >= 0.6 is 11.3 Å². The van der Waals surface area contributed by atoms with Crippen molar-refractivity contribution in [3.8, 4) is 0 Å². The van der Waals surface area contributed by atoms with E-state index in [-0.39, 0.29) is 5.97 Å². The first-order valence-corrected chi connectivity index (χ1v) is 7.63. The van der Waals surface area contributed by atoms with E-state index < -0.39 is 0 Å². The van der Waals surface area contributed by atoms with Gasteiger partial charge in [0.2, 0.25) is 0 Å². The highest BCUT2D eigenvalue weighted by atomic mass is 32.1. The van der Waals surface area contributed by atoms with Gasteiger partial charge in [-0.15, -0.1) is 11.3 Å². The van der Waals surface area contributed by atoms with Gasteiger partial charge in [-0.1, -0.05) is 13.0 Å². The van der Waals surface area contributed by atoms with Crippen LogP contribution < -0.4 is 5.32 Å². The Morgan fingerprint density at radius 1 is 1.20 bits per heavy atom. The van der Waals surface area contributed by atoms with Crippen LogP contribution in [-0.2, 0) is 17.7 Å². The number of benzene rings is 1. The maximum absolute atomic E-state index is 11.7. The van der Waals surface area contributed by atoms with Gasteiger partial charge in [0.1, 0.15) is 0 Å². The molecule has 1 N–H and O–H groups in total. The van der Waals surface area contributed by atoms with Crippen molar-refractivity contribution in [2.75, 3.05) is 11.9 Å². The van der Waals surface area contributed by atoms with Gasteiger partial charge in [0, 0.05) is 22.0 Å². The number of nitrogens with one attached hydrogen (secondary N) is 1. The number of rotatable bonds is 6. The number of hydrogen-bond acceptors (Lipinski definition) is 4. The van der Waals surface area contributed by atoms with E-state index in [1.54, 1.807) is 6.07 Å². The van der Waals surface area contributed by atoms with E-state index in [2.05, 4.69) is 24.4 Å². The molecule has 1 aromatic heterocycles. The van der Waals surface area contributed by atoms with Crippen molar-refractivity contribution in [2.45, 2.75) is 26.8 Å². The van der Waals surface area contributed by atoms with E-state index in [1.807, 2.05) is 36.5 Å². The van der Waals surface area contributed by atoms with E-state index in [0.717, 1.165) is 18.7 Å².